The lowest BCUT2D eigenvalue weighted by Crippen LogP contribution is -2.66. The Labute approximate surface area is 254 Å². The molecule has 7 heteroatoms. The van der Waals surface area contributed by atoms with Crippen molar-refractivity contribution in [2.75, 3.05) is 26.7 Å². The van der Waals surface area contributed by atoms with Crippen LogP contribution in [-0.2, 0) is 6.54 Å². The second-order valence-electron chi connectivity index (χ2n) is 14.7. The molecule has 224 valence electrons. The molecule has 2 N–H and O–H groups in total. The number of aromatic amines is 1. The number of hydrogen-bond acceptors (Lipinski definition) is 5. The van der Waals surface area contributed by atoms with Crippen molar-refractivity contribution in [3.63, 3.8) is 0 Å². The number of aromatic nitrogens is 1. The van der Waals surface area contributed by atoms with Crippen LogP contribution in [0.5, 0.6) is 5.75 Å². The van der Waals surface area contributed by atoms with Crippen molar-refractivity contribution in [2.24, 2.45) is 16.7 Å². The quantitative estimate of drug-likeness (QED) is 0.355. The molecule has 43 heavy (non-hydrogen) atoms. The van der Waals surface area contributed by atoms with E-state index in [1.807, 2.05) is 18.3 Å². The molecule has 1 amide bonds. The molecule has 2 aromatic carbocycles. The molecule has 3 heterocycles. The average Bonchev–Trinajstić information content (AvgIpc) is 3.67. The van der Waals surface area contributed by atoms with Gasteiger partial charge >= 0.3 is 0 Å². The zero-order valence-corrected chi connectivity index (χ0v) is 25.5. The van der Waals surface area contributed by atoms with Gasteiger partial charge < -0.3 is 15.0 Å². The summed E-state index contributed by atoms with van der Waals surface area (Å²) >= 11 is 0. The number of likely N-dealkylation sites (tertiary alicyclic amines) is 2. The normalized spacial score (nSPS) is 25.2. The minimum Gasteiger partial charge on any atom is -0.496 e. The summed E-state index contributed by atoms with van der Waals surface area (Å²) in [5, 5.41) is 14.1. The molecule has 8 rings (SSSR count). The first-order valence-corrected chi connectivity index (χ1v) is 16.3. The predicted octanol–water partition coefficient (Wildman–Crippen LogP) is 6.10. The molecule has 2 saturated heterocycles. The first kappa shape index (κ1) is 27.2. The van der Waals surface area contributed by atoms with Gasteiger partial charge in [-0.25, -0.2) is 0 Å². The second-order valence-corrected chi connectivity index (χ2v) is 14.7. The third kappa shape index (κ3) is 4.74. The highest BCUT2D eigenvalue weighted by atomic mass is 16.5. The topological polar surface area (TPSA) is 84.4 Å². The highest BCUT2D eigenvalue weighted by Gasteiger charge is 2.55. The van der Waals surface area contributed by atoms with Crippen LogP contribution < -0.4 is 10.1 Å². The Hall–Kier alpha value is -3.34. The Morgan fingerprint density at radius 3 is 2.56 bits per heavy atom. The number of carbonyl (C=O) groups excluding carboxylic acids is 1. The maximum Gasteiger partial charge on any atom is 0.251 e. The van der Waals surface area contributed by atoms with Gasteiger partial charge in [-0.3, -0.25) is 14.6 Å². The molecule has 1 unspecified atom stereocenters. The van der Waals surface area contributed by atoms with E-state index in [2.05, 4.69) is 57.4 Å². The minimum atomic E-state index is 0.0526. The molecule has 7 nitrogen and oxygen atoms in total. The number of aryl methyl sites for hydroxylation is 1. The number of rotatable bonds is 7. The molecule has 3 aromatic rings. The van der Waals surface area contributed by atoms with Crippen LogP contribution in [0.15, 0.2) is 42.6 Å². The number of carbonyl (C=O) groups is 1. The van der Waals surface area contributed by atoms with Gasteiger partial charge in [-0.2, -0.15) is 5.26 Å². The lowest BCUT2D eigenvalue weighted by atomic mass is 9.56. The molecule has 3 saturated carbocycles. The first-order valence-electron chi connectivity index (χ1n) is 16.3. The lowest BCUT2D eigenvalue weighted by molar-refractivity contribution is -0.0809. The standard InChI is InChI=1S/C36H43N5O2/c1-23-13-32(43-2)30(29-9-11-38-33(23)29)20-40-12-10-35(14-24(15-35)19-37)18-31(40)25-3-5-26(6-4-25)34(42)39-27-16-36(17-27)21-41(22-36)28-7-8-28/h3-6,9,11,13,24,27-28,31,38H,7-8,10,12,14-18,20-22H2,1-2H3,(H,39,42). The van der Waals surface area contributed by atoms with Crippen LogP contribution in [0, 0.1) is 35.0 Å². The highest BCUT2D eigenvalue weighted by Crippen LogP contribution is 2.57. The molecular formula is C36H43N5O2. The fraction of sp³-hybridized carbons (Fsp3) is 0.556. The molecule has 2 spiro atoms. The minimum absolute atomic E-state index is 0.0526. The third-order valence-electron chi connectivity index (χ3n) is 11.6. The number of methoxy groups -OCH3 is 1. The van der Waals surface area contributed by atoms with Gasteiger partial charge in [0.05, 0.1) is 13.2 Å². The van der Waals surface area contributed by atoms with E-state index < -0.39 is 0 Å². The van der Waals surface area contributed by atoms with Crippen LogP contribution in [-0.4, -0.2) is 59.5 Å². The van der Waals surface area contributed by atoms with Crippen molar-refractivity contribution in [3.8, 4) is 11.8 Å². The Bertz CT molecular complexity index is 1580. The number of piperidine rings is 1. The van der Waals surface area contributed by atoms with Gasteiger partial charge in [-0.1, -0.05) is 12.1 Å². The molecule has 0 radical (unpaired) electrons. The molecule has 2 aliphatic heterocycles. The summed E-state index contributed by atoms with van der Waals surface area (Å²) in [6.45, 7) is 6.37. The van der Waals surface area contributed by atoms with Crippen LogP contribution in [0.1, 0.15) is 84.5 Å². The monoisotopic (exact) mass is 577 g/mol. The summed E-state index contributed by atoms with van der Waals surface area (Å²) in [5.74, 6) is 1.18. The average molecular weight is 578 g/mol. The molecular weight excluding hydrogens is 534 g/mol. The lowest BCUT2D eigenvalue weighted by Gasteiger charge is -2.59. The van der Waals surface area contributed by atoms with Gasteiger partial charge in [-0.05, 0) is 111 Å². The van der Waals surface area contributed by atoms with Crippen molar-refractivity contribution in [1.29, 1.82) is 5.26 Å². The van der Waals surface area contributed by atoms with Crippen LogP contribution in [0.25, 0.3) is 10.9 Å². The van der Waals surface area contributed by atoms with E-state index in [0.29, 0.717) is 11.5 Å². The van der Waals surface area contributed by atoms with Crippen LogP contribution in [0.4, 0.5) is 0 Å². The molecule has 5 aliphatic rings. The van der Waals surface area contributed by atoms with Crippen molar-refractivity contribution >= 4 is 16.8 Å². The number of ether oxygens (including phenoxy) is 1. The number of benzene rings is 2. The van der Waals surface area contributed by atoms with E-state index in [4.69, 9.17) is 4.74 Å². The fourth-order valence-electron chi connectivity index (χ4n) is 9.11. The van der Waals surface area contributed by atoms with E-state index in [1.54, 1.807) is 7.11 Å². The van der Waals surface area contributed by atoms with Gasteiger partial charge in [0, 0.05) is 71.9 Å². The smallest absolute Gasteiger partial charge is 0.251 e. The van der Waals surface area contributed by atoms with E-state index in [9.17, 15) is 10.1 Å². The van der Waals surface area contributed by atoms with E-state index in [0.717, 1.165) is 69.0 Å². The van der Waals surface area contributed by atoms with Gasteiger partial charge in [-0.15, -0.1) is 0 Å². The Balaban J connectivity index is 0.989. The highest BCUT2D eigenvalue weighted by molar-refractivity contribution is 5.94. The summed E-state index contributed by atoms with van der Waals surface area (Å²) in [7, 11) is 1.76. The SMILES string of the molecule is COc1cc(C)c2[nH]ccc2c1CN1CCC2(CC(C#N)C2)CC1c1ccc(C(=O)NC2CC3(C2)CN(C2CC2)C3)cc1. The van der Waals surface area contributed by atoms with Gasteiger partial charge in [0.15, 0.2) is 0 Å². The first-order chi connectivity index (χ1) is 20.9. The van der Waals surface area contributed by atoms with Gasteiger partial charge in [0.2, 0.25) is 0 Å². The number of H-pyrrole nitrogens is 1. The molecule has 5 fully saturated rings. The zero-order chi connectivity index (χ0) is 29.3. The Morgan fingerprint density at radius 2 is 1.86 bits per heavy atom. The summed E-state index contributed by atoms with van der Waals surface area (Å²) in [6.07, 6.45) is 11.2. The number of nitriles is 1. The van der Waals surface area contributed by atoms with Gasteiger partial charge in [0.25, 0.3) is 5.91 Å². The summed E-state index contributed by atoms with van der Waals surface area (Å²) in [5.41, 5.74) is 6.29. The van der Waals surface area contributed by atoms with Crippen molar-refractivity contribution in [1.82, 2.24) is 20.1 Å². The second kappa shape index (κ2) is 10.1. The largest absolute Gasteiger partial charge is 0.496 e. The van der Waals surface area contributed by atoms with Crippen molar-refractivity contribution < 1.29 is 9.53 Å². The molecule has 0 bridgehead atoms. The van der Waals surface area contributed by atoms with Crippen LogP contribution in [0.2, 0.25) is 0 Å². The summed E-state index contributed by atoms with van der Waals surface area (Å²) in [6, 6.07) is 16.6. The summed E-state index contributed by atoms with van der Waals surface area (Å²) in [4.78, 5) is 21.8. The maximum absolute atomic E-state index is 13.2. The number of nitrogens with zero attached hydrogens (tertiary/aromatic N) is 3. The van der Waals surface area contributed by atoms with Crippen molar-refractivity contribution in [3.05, 3.63) is 64.8 Å². The van der Waals surface area contributed by atoms with Crippen molar-refractivity contribution in [2.45, 2.75) is 83.0 Å². The molecule has 3 aliphatic carbocycles. The van der Waals surface area contributed by atoms with E-state index >= 15 is 0 Å². The number of hydrogen-bond donors (Lipinski definition) is 2. The number of nitrogens with one attached hydrogen (secondary N) is 2. The molecule has 1 atom stereocenters. The molecule has 1 aromatic heterocycles. The third-order valence-corrected chi connectivity index (χ3v) is 11.6. The van der Waals surface area contributed by atoms with Gasteiger partial charge in [0.1, 0.15) is 5.75 Å². The maximum atomic E-state index is 13.2. The Morgan fingerprint density at radius 1 is 1.09 bits per heavy atom. The number of amides is 1. The van der Waals surface area contributed by atoms with Crippen LogP contribution >= 0.6 is 0 Å². The van der Waals surface area contributed by atoms with E-state index in [1.165, 1.54) is 53.5 Å². The zero-order valence-electron chi connectivity index (χ0n) is 25.5. The van der Waals surface area contributed by atoms with Crippen LogP contribution in [0.3, 0.4) is 0 Å². The summed E-state index contributed by atoms with van der Waals surface area (Å²) < 4.78 is 5.89. The van der Waals surface area contributed by atoms with E-state index in [-0.39, 0.29) is 23.3 Å². The Kier molecular flexibility index (Phi) is 6.40. The predicted molar refractivity (Wildman–Crippen MR) is 167 cm³/mol. The fourth-order valence-corrected chi connectivity index (χ4v) is 9.11. The number of fused-ring (bicyclic) bond motifs is 1.